The van der Waals surface area contributed by atoms with Gasteiger partial charge >= 0.3 is 11.9 Å². The van der Waals surface area contributed by atoms with E-state index in [9.17, 15) is 13.6 Å². The third kappa shape index (κ3) is 6.60. The van der Waals surface area contributed by atoms with Gasteiger partial charge in [-0.05, 0) is 6.42 Å². The summed E-state index contributed by atoms with van der Waals surface area (Å²) in [5.74, 6) is -4.77. The Morgan fingerprint density at radius 1 is 1.38 bits per heavy atom. The van der Waals surface area contributed by atoms with Crippen molar-refractivity contribution < 1.29 is 18.3 Å². The van der Waals surface area contributed by atoms with Crippen molar-refractivity contribution in [2.75, 3.05) is 7.11 Å². The molecule has 0 saturated carbocycles. The minimum absolute atomic E-state index is 0.177. The minimum atomic E-state index is -3.34. The molecular weight excluding hydrogens is 329 g/mol. The van der Waals surface area contributed by atoms with Gasteiger partial charge in [0, 0.05) is 10.3 Å². The van der Waals surface area contributed by atoms with Crippen molar-refractivity contribution in [3.05, 3.63) is 0 Å². The zero-order valence-electron chi connectivity index (χ0n) is 9.77. The molecule has 0 fully saturated rings. The lowest BCUT2D eigenvalue weighted by Gasteiger charge is -2.17. The number of carbonyl (C=O) groups excluding carboxylic acids is 1. The quantitative estimate of drug-likeness (QED) is 0.287. The number of ether oxygens (including phenoxy) is 1. The number of methoxy groups -OCH3 is 1. The lowest BCUT2D eigenvalue weighted by Crippen LogP contribution is -2.32. The van der Waals surface area contributed by atoms with Crippen LogP contribution in [0.1, 0.15) is 45.4 Å². The largest absolute Gasteiger partial charge is 0.465 e. The van der Waals surface area contributed by atoms with E-state index in [0.29, 0.717) is 0 Å². The van der Waals surface area contributed by atoms with E-state index in [0.717, 1.165) is 39.2 Å². The fraction of sp³-hybridized carbons (Fsp3) is 0.909. The predicted molar refractivity (Wildman–Crippen MR) is 68.1 cm³/mol. The topological polar surface area (TPSA) is 26.3 Å². The van der Waals surface area contributed by atoms with Crippen LogP contribution in [0.5, 0.6) is 0 Å². The summed E-state index contributed by atoms with van der Waals surface area (Å²) in [5, 5.41) is 0. The molecule has 0 N–H and O–H groups in total. The van der Waals surface area contributed by atoms with Gasteiger partial charge in [0.2, 0.25) is 0 Å². The molecule has 0 aliphatic heterocycles. The maximum absolute atomic E-state index is 13.2. The molecule has 16 heavy (non-hydrogen) atoms. The van der Waals surface area contributed by atoms with Crippen LogP contribution in [0.4, 0.5) is 8.78 Å². The highest BCUT2D eigenvalue weighted by Gasteiger charge is 2.41. The first-order valence-electron chi connectivity index (χ1n) is 5.54. The Labute approximate surface area is 109 Å². The van der Waals surface area contributed by atoms with Crippen molar-refractivity contribution in [2.45, 2.75) is 55.3 Å². The van der Waals surface area contributed by atoms with Crippen LogP contribution in [0.3, 0.4) is 0 Å². The molecule has 0 bridgehead atoms. The van der Waals surface area contributed by atoms with Gasteiger partial charge in [0.15, 0.2) is 0 Å². The van der Waals surface area contributed by atoms with Gasteiger partial charge in [-0.3, -0.25) is 0 Å². The average Bonchev–Trinajstić information content (AvgIpc) is 2.22. The first-order chi connectivity index (χ1) is 7.44. The minimum Gasteiger partial charge on any atom is -0.465 e. The molecule has 0 aromatic heterocycles. The molecule has 0 saturated heterocycles. The number of hydrogen-bond acceptors (Lipinski definition) is 2. The van der Waals surface area contributed by atoms with Crippen LogP contribution in [-0.4, -0.2) is 22.9 Å². The second-order valence-corrected chi connectivity index (χ2v) is 5.61. The summed E-state index contributed by atoms with van der Waals surface area (Å²) in [6, 6.07) is 0. The van der Waals surface area contributed by atoms with E-state index < -0.39 is 18.3 Å². The van der Waals surface area contributed by atoms with Gasteiger partial charge in [0.1, 0.15) is 0 Å². The van der Waals surface area contributed by atoms with Gasteiger partial charge in [0.05, 0.1) is 7.11 Å². The van der Waals surface area contributed by atoms with Crippen LogP contribution >= 0.6 is 22.6 Å². The van der Waals surface area contributed by atoms with Crippen LogP contribution < -0.4 is 0 Å². The lowest BCUT2D eigenvalue weighted by atomic mass is 10.1. The molecular formula is C11H19F2IO2. The Morgan fingerprint density at radius 3 is 2.50 bits per heavy atom. The zero-order chi connectivity index (χ0) is 12.6. The van der Waals surface area contributed by atoms with Crippen LogP contribution in [0.2, 0.25) is 0 Å². The van der Waals surface area contributed by atoms with E-state index >= 15 is 0 Å². The van der Waals surface area contributed by atoms with Crippen LogP contribution in [0, 0.1) is 0 Å². The summed E-state index contributed by atoms with van der Waals surface area (Å²) < 4.78 is 30.2. The predicted octanol–water partition coefficient (Wildman–Crippen LogP) is 3.96. The number of halogens is 3. The van der Waals surface area contributed by atoms with E-state index in [1.165, 1.54) is 0 Å². The Bertz CT molecular complexity index is 210. The molecule has 0 aliphatic carbocycles. The molecule has 0 aromatic rings. The third-order valence-corrected chi connectivity index (χ3v) is 3.40. The van der Waals surface area contributed by atoms with E-state index in [1.807, 2.05) is 22.6 Å². The number of hydrogen-bond donors (Lipinski definition) is 0. The lowest BCUT2D eigenvalue weighted by molar-refractivity contribution is -0.169. The molecule has 0 spiro atoms. The molecule has 5 heteroatoms. The summed E-state index contributed by atoms with van der Waals surface area (Å²) in [5.41, 5.74) is 0. The number of esters is 1. The van der Waals surface area contributed by atoms with Crippen molar-refractivity contribution in [3.63, 3.8) is 0 Å². The molecule has 0 aromatic carbocycles. The highest BCUT2D eigenvalue weighted by atomic mass is 127. The van der Waals surface area contributed by atoms with Gasteiger partial charge in [-0.1, -0.05) is 55.2 Å². The molecule has 0 radical (unpaired) electrons. The Hall–Kier alpha value is 0.0600. The number of unbranched alkanes of at least 4 members (excludes halogenated alkanes) is 3. The summed E-state index contributed by atoms with van der Waals surface area (Å²) in [4.78, 5) is 10.8. The van der Waals surface area contributed by atoms with E-state index in [4.69, 9.17) is 0 Å². The van der Waals surface area contributed by atoms with Gasteiger partial charge in [-0.15, -0.1) is 0 Å². The second kappa shape index (κ2) is 8.20. The molecule has 1 unspecified atom stereocenters. The van der Waals surface area contributed by atoms with Crippen molar-refractivity contribution in [3.8, 4) is 0 Å². The smallest absolute Gasteiger partial charge is 0.376 e. The van der Waals surface area contributed by atoms with Crippen molar-refractivity contribution in [1.29, 1.82) is 0 Å². The van der Waals surface area contributed by atoms with Crippen LogP contribution in [0.15, 0.2) is 0 Å². The summed E-state index contributed by atoms with van der Waals surface area (Å²) >= 11 is 1.98. The normalized spacial score (nSPS) is 13.6. The fourth-order valence-corrected chi connectivity index (χ4v) is 2.40. The second-order valence-electron chi connectivity index (χ2n) is 3.85. The monoisotopic (exact) mass is 348 g/mol. The number of rotatable bonds is 8. The van der Waals surface area contributed by atoms with Gasteiger partial charge in [-0.25, -0.2) is 4.79 Å². The maximum atomic E-state index is 13.2. The fourth-order valence-electron chi connectivity index (χ4n) is 1.41. The molecule has 0 aliphatic rings. The number of alkyl halides is 3. The summed E-state index contributed by atoms with van der Waals surface area (Å²) in [6.07, 6.45) is 4.58. The molecule has 0 heterocycles. The Morgan fingerprint density at radius 2 is 2.00 bits per heavy atom. The van der Waals surface area contributed by atoms with Crippen LogP contribution in [-0.2, 0) is 9.53 Å². The highest BCUT2D eigenvalue weighted by Crippen LogP contribution is 2.28. The highest BCUT2D eigenvalue weighted by molar-refractivity contribution is 14.1. The van der Waals surface area contributed by atoms with E-state index in [2.05, 4.69) is 11.7 Å². The van der Waals surface area contributed by atoms with Gasteiger partial charge in [0.25, 0.3) is 0 Å². The maximum Gasteiger partial charge on any atom is 0.376 e. The summed E-state index contributed by atoms with van der Waals surface area (Å²) in [6.45, 7) is 2.10. The SMILES string of the molecule is CCCCCCC(I)CC(F)(F)C(=O)OC. The van der Waals surface area contributed by atoms with Crippen LogP contribution in [0.25, 0.3) is 0 Å². The first-order valence-corrected chi connectivity index (χ1v) is 6.79. The molecule has 2 nitrogen and oxygen atoms in total. The van der Waals surface area contributed by atoms with Gasteiger partial charge in [-0.2, -0.15) is 8.78 Å². The Balaban J connectivity index is 3.85. The van der Waals surface area contributed by atoms with Gasteiger partial charge < -0.3 is 4.74 Å². The summed E-state index contributed by atoms with van der Waals surface area (Å²) in [7, 11) is 0.986. The standard InChI is InChI=1S/C11H19F2IO2/c1-3-4-5-6-7-9(14)8-11(12,13)10(15)16-2/h9H,3-8H2,1-2H3. The van der Waals surface area contributed by atoms with E-state index in [1.54, 1.807) is 0 Å². The molecule has 1 atom stereocenters. The van der Waals surface area contributed by atoms with Crippen molar-refractivity contribution in [1.82, 2.24) is 0 Å². The molecule has 96 valence electrons. The number of carbonyl (C=O) groups is 1. The van der Waals surface area contributed by atoms with Crippen molar-refractivity contribution >= 4 is 28.6 Å². The van der Waals surface area contributed by atoms with Crippen molar-refractivity contribution in [2.24, 2.45) is 0 Å². The molecule has 0 amide bonds. The first kappa shape index (κ1) is 16.1. The zero-order valence-corrected chi connectivity index (χ0v) is 11.9. The average molecular weight is 348 g/mol. The Kier molecular flexibility index (Phi) is 8.23. The van der Waals surface area contributed by atoms with E-state index in [-0.39, 0.29) is 3.92 Å². The molecule has 0 rings (SSSR count). The third-order valence-electron chi connectivity index (χ3n) is 2.33.